The minimum atomic E-state index is -1.64. The number of carboxylic acid groups (broad SMARTS) is 1. The minimum Gasteiger partial charge on any atom is -0.545 e. The highest BCUT2D eigenvalue weighted by molar-refractivity contribution is 5.70. The summed E-state index contributed by atoms with van der Waals surface area (Å²) < 4.78 is 22.5. The normalized spacial score (nSPS) is 13.8. The second kappa shape index (κ2) is 46.5. The molecular weight excluding hydrogens is 815 g/mol. The molecule has 9 nitrogen and oxygen atoms in total. The van der Waals surface area contributed by atoms with Gasteiger partial charge < -0.3 is 33.3 Å². The Bertz CT molecular complexity index is 1430. The Labute approximate surface area is 396 Å². The van der Waals surface area contributed by atoms with Gasteiger partial charge in [-0.1, -0.05) is 168 Å². The van der Waals surface area contributed by atoms with Crippen molar-refractivity contribution in [2.75, 3.05) is 47.5 Å². The van der Waals surface area contributed by atoms with Gasteiger partial charge >= 0.3 is 11.9 Å². The van der Waals surface area contributed by atoms with Crippen molar-refractivity contribution in [2.24, 2.45) is 0 Å². The molecule has 0 aliphatic heterocycles. The van der Waals surface area contributed by atoms with Crippen LogP contribution in [0.3, 0.4) is 0 Å². The molecule has 0 amide bonds. The first kappa shape index (κ1) is 60.9. The van der Waals surface area contributed by atoms with Crippen LogP contribution in [0.4, 0.5) is 0 Å². The Balaban J connectivity index is 4.38. The van der Waals surface area contributed by atoms with Gasteiger partial charge in [0.15, 0.2) is 12.4 Å². The summed E-state index contributed by atoms with van der Waals surface area (Å²) in [5.74, 6) is -2.35. The van der Waals surface area contributed by atoms with E-state index < -0.39 is 24.3 Å². The van der Waals surface area contributed by atoms with Crippen LogP contribution in [0.2, 0.25) is 0 Å². The van der Waals surface area contributed by atoms with E-state index in [1.54, 1.807) is 0 Å². The highest BCUT2D eigenvalue weighted by Gasteiger charge is 2.21. The van der Waals surface area contributed by atoms with Crippen LogP contribution in [0.5, 0.6) is 0 Å². The molecule has 0 saturated heterocycles. The lowest BCUT2D eigenvalue weighted by Crippen LogP contribution is -2.44. The lowest BCUT2D eigenvalue weighted by atomic mass is 10.1. The number of aliphatic carboxylic acids is 1. The fourth-order valence-electron chi connectivity index (χ4n) is 6.12. The van der Waals surface area contributed by atoms with Crippen molar-refractivity contribution in [1.82, 2.24) is 0 Å². The molecule has 368 valence electrons. The molecule has 0 aliphatic rings. The van der Waals surface area contributed by atoms with Gasteiger partial charge in [0.2, 0.25) is 0 Å². The molecule has 0 bridgehead atoms. The van der Waals surface area contributed by atoms with E-state index in [1.165, 1.54) is 12.8 Å². The van der Waals surface area contributed by atoms with Gasteiger partial charge in [-0.05, 0) is 96.3 Å². The average molecular weight is 906 g/mol. The lowest BCUT2D eigenvalue weighted by Gasteiger charge is -2.26. The first-order valence-electron chi connectivity index (χ1n) is 25.0. The molecule has 0 radical (unpaired) electrons. The van der Waals surface area contributed by atoms with Gasteiger partial charge in [-0.25, -0.2) is 0 Å². The van der Waals surface area contributed by atoms with Gasteiger partial charge in [0, 0.05) is 12.8 Å². The molecular formula is C56H91NO8. The van der Waals surface area contributed by atoms with E-state index in [9.17, 15) is 19.5 Å². The Morgan fingerprint density at radius 2 is 0.877 bits per heavy atom. The predicted molar refractivity (Wildman–Crippen MR) is 269 cm³/mol. The van der Waals surface area contributed by atoms with Crippen LogP contribution >= 0.6 is 0 Å². The van der Waals surface area contributed by atoms with Crippen molar-refractivity contribution in [1.29, 1.82) is 0 Å². The summed E-state index contributed by atoms with van der Waals surface area (Å²) in [6, 6.07) is 0. The van der Waals surface area contributed by atoms with Crippen molar-refractivity contribution < 1.29 is 42.9 Å². The smallest absolute Gasteiger partial charge is 0.306 e. The Morgan fingerprint density at radius 1 is 0.477 bits per heavy atom. The van der Waals surface area contributed by atoms with E-state index in [2.05, 4.69) is 123 Å². The van der Waals surface area contributed by atoms with Crippen LogP contribution in [-0.2, 0) is 33.3 Å². The number of unbranched alkanes of at least 4 members (excludes halogenated alkanes) is 11. The van der Waals surface area contributed by atoms with Gasteiger partial charge in [0.05, 0.1) is 40.3 Å². The monoisotopic (exact) mass is 906 g/mol. The molecule has 0 heterocycles. The molecule has 9 heteroatoms. The molecule has 0 spiro atoms. The Hall–Kier alpha value is -4.05. The summed E-state index contributed by atoms with van der Waals surface area (Å²) in [7, 11) is 5.89. The molecule has 2 atom stereocenters. The maximum atomic E-state index is 12.8. The third-order valence-corrected chi connectivity index (χ3v) is 10.0. The number of rotatable bonds is 44. The number of hydrogen-bond donors (Lipinski definition) is 0. The van der Waals surface area contributed by atoms with E-state index in [-0.39, 0.29) is 38.6 Å². The number of carboxylic acids is 1. The summed E-state index contributed by atoms with van der Waals surface area (Å²) in [5, 5.41) is 11.7. The van der Waals surface area contributed by atoms with Crippen LogP contribution in [0.25, 0.3) is 0 Å². The summed E-state index contributed by atoms with van der Waals surface area (Å²) in [4.78, 5) is 37.0. The zero-order valence-corrected chi connectivity index (χ0v) is 41.6. The zero-order valence-electron chi connectivity index (χ0n) is 41.6. The summed E-state index contributed by atoms with van der Waals surface area (Å²) >= 11 is 0. The Kier molecular flexibility index (Phi) is 43.6. The maximum Gasteiger partial charge on any atom is 0.306 e. The molecule has 2 unspecified atom stereocenters. The standard InChI is InChI=1S/C56H91NO8/c1-6-8-10-12-14-16-18-19-20-21-22-23-24-25-26-27-28-29-30-31-32-33-34-35-37-39-41-43-45-47-54(59)65-52(51-64-56(55(60)61)62-49-48-57(3,4)5)50-63-53(58)46-44-42-40-38-36-17-15-13-11-9-7-2/h8,10,13-16,19-20,22-23,25-26,28-29,31-32,34-35,52,56H,6-7,9,11-12,17-18,21,24,27,30,33,36-51H2,1-5H3/b10-8-,15-13-,16-14-,20-19-,23-22-,26-25-,29-28-,32-31-,35-34-. The predicted octanol–water partition coefficient (Wildman–Crippen LogP) is 12.7. The lowest BCUT2D eigenvalue weighted by molar-refractivity contribution is -0.870. The fourth-order valence-corrected chi connectivity index (χ4v) is 6.12. The number of carbonyl (C=O) groups excluding carboxylic acids is 3. The summed E-state index contributed by atoms with van der Waals surface area (Å²) in [6.07, 6.45) is 59.9. The first-order chi connectivity index (χ1) is 31.6. The highest BCUT2D eigenvalue weighted by atomic mass is 16.7. The quantitative estimate of drug-likeness (QED) is 0.0195. The SMILES string of the molecule is CC/C=C\C/C=C\C/C=C\C/C=C\C/C=C\C/C=C\C/C=C\C/C=C\CCCCCCC(=O)OC(COC(=O)CCCCCCC/C=C\CCCC)COC(OCC[N+](C)(C)C)C(=O)[O-]. The number of ether oxygens (including phenoxy) is 4. The van der Waals surface area contributed by atoms with Gasteiger partial charge in [-0.3, -0.25) is 9.59 Å². The minimum absolute atomic E-state index is 0.135. The third kappa shape index (κ3) is 47.7. The van der Waals surface area contributed by atoms with E-state index in [0.717, 1.165) is 122 Å². The molecule has 0 aromatic heterocycles. The zero-order chi connectivity index (χ0) is 47.7. The largest absolute Gasteiger partial charge is 0.545 e. The number of quaternary nitrogens is 1. The van der Waals surface area contributed by atoms with E-state index in [4.69, 9.17) is 18.9 Å². The van der Waals surface area contributed by atoms with Crippen LogP contribution in [0.1, 0.15) is 168 Å². The van der Waals surface area contributed by atoms with Crippen molar-refractivity contribution in [3.63, 3.8) is 0 Å². The van der Waals surface area contributed by atoms with Crippen molar-refractivity contribution in [3.8, 4) is 0 Å². The molecule has 0 rings (SSSR count). The van der Waals surface area contributed by atoms with E-state index >= 15 is 0 Å². The second-order valence-corrected chi connectivity index (χ2v) is 17.4. The topological polar surface area (TPSA) is 111 Å². The molecule has 0 saturated carbocycles. The summed E-state index contributed by atoms with van der Waals surface area (Å²) in [6.45, 7) is 4.51. The van der Waals surface area contributed by atoms with Crippen molar-refractivity contribution in [3.05, 3.63) is 109 Å². The maximum absolute atomic E-state index is 12.8. The third-order valence-electron chi connectivity index (χ3n) is 10.0. The molecule has 65 heavy (non-hydrogen) atoms. The Morgan fingerprint density at radius 3 is 1.32 bits per heavy atom. The number of allylic oxidation sites excluding steroid dienone is 18. The first-order valence-corrected chi connectivity index (χ1v) is 25.0. The van der Waals surface area contributed by atoms with E-state index in [0.29, 0.717) is 17.4 Å². The van der Waals surface area contributed by atoms with Crippen molar-refractivity contribution >= 4 is 17.9 Å². The number of nitrogens with zero attached hydrogens (tertiary/aromatic N) is 1. The molecule has 0 aliphatic carbocycles. The van der Waals surface area contributed by atoms with Crippen molar-refractivity contribution in [2.45, 2.75) is 180 Å². The summed E-state index contributed by atoms with van der Waals surface area (Å²) in [5.41, 5.74) is 0. The molecule has 0 aromatic rings. The van der Waals surface area contributed by atoms with Gasteiger partial charge in [-0.15, -0.1) is 0 Å². The number of likely N-dealkylation sites (N-methyl/N-ethyl adjacent to an activating group) is 1. The van der Waals surface area contributed by atoms with Crippen LogP contribution < -0.4 is 5.11 Å². The molecule has 0 N–H and O–H groups in total. The molecule has 0 fully saturated rings. The van der Waals surface area contributed by atoms with Gasteiger partial charge in [0.1, 0.15) is 13.2 Å². The average Bonchev–Trinajstić information content (AvgIpc) is 3.27. The highest BCUT2D eigenvalue weighted by Crippen LogP contribution is 2.12. The van der Waals surface area contributed by atoms with E-state index in [1.807, 2.05) is 21.1 Å². The fraction of sp³-hybridized carbons (Fsp3) is 0.625. The number of carbonyl (C=O) groups is 3. The van der Waals surface area contributed by atoms with Gasteiger partial charge in [-0.2, -0.15) is 0 Å². The van der Waals surface area contributed by atoms with Crippen LogP contribution in [0.15, 0.2) is 109 Å². The van der Waals surface area contributed by atoms with Gasteiger partial charge in [0.25, 0.3) is 0 Å². The second-order valence-electron chi connectivity index (χ2n) is 17.4. The molecule has 0 aromatic carbocycles. The number of hydrogen-bond acceptors (Lipinski definition) is 8. The number of esters is 2. The van der Waals surface area contributed by atoms with Crippen LogP contribution in [0, 0.1) is 0 Å². The van der Waals surface area contributed by atoms with Crippen LogP contribution in [-0.4, -0.2) is 82.3 Å².